The van der Waals surface area contributed by atoms with Crippen molar-refractivity contribution in [1.29, 1.82) is 0 Å². The Hall–Kier alpha value is -3.68. The Labute approximate surface area is 199 Å². The maximum atomic E-state index is 12.9. The van der Waals surface area contributed by atoms with Crippen molar-refractivity contribution in [2.45, 2.75) is 5.92 Å². The average molecular weight is 472 g/mol. The van der Waals surface area contributed by atoms with Gasteiger partial charge in [-0.1, -0.05) is 30.3 Å². The van der Waals surface area contributed by atoms with Gasteiger partial charge >= 0.3 is 0 Å². The van der Waals surface area contributed by atoms with Gasteiger partial charge in [-0.25, -0.2) is 0 Å². The van der Waals surface area contributed by atoms with E-state index >= 15 is 0 Å². The number of anilines is 1. The summed E-state index contributed by atoms with van der Waals surface area (Å²) in [4.78, 5) is 30.3. The number of fused-ring (bicyclic) bond motifs is 1. The molecule has 0 unspecified atom stereocenters. The fourth-order valence-electron chi connectivity index (χ4n) is 3.84. The number of carbonyl (C=O) groups is 2. The number of amides is 2. The van der Waals surface area contributed by atoms with Crippen molar-refractivity contribution in [1.82, 2.24) is 10.3 Å². The number of benzene rings is 2. The molecule has 0 bridgehead atoms. The van der Waals surface area contributed by atoms with Crippen molar-refractivity contribution in [3.8, 4) is 0 Å². The van der Waals surface area contributed by atoms with E-state index in [-0.39, 0.29) is 17.7 Å². The molecule has 0 aliphatic carbocycles. The molecule has 2 aromatic carbocycles. The minimum Gasteiger partial charge on any atom is -0.361 e. The molecular formula is C26H21N3O2S2. The maximum Gasteiger partial charge on any atom is 0.265 e. The standard InChI is InChI=1S/C26H21N3O2S2/c30-25(17-9-11-18(12-10-17)29-26(31)24-8-4-14-33-24)28-16-21(23-7-3-13-32-23)20-15-27-22-6-2-1-5-19(20)22/h1-15,21,27H,16H2,(H,28,30)(H,29,31)/t21-/m1/s1. The molecule has 0 saturated heterocycles. The van der Waals surface area contributed by atoms with E-state index in [0.29, 0.717) is 22.7 Å². The summed E-state index contributed by atoms with van der Waals surface area (Å²) in [7, 11) is 0. The first-order valence-corrected chi connectivity index (χ1v) is 12.3. The molecule has 5 nitrogen and oxygen atoms in total. The van der Waals surface area contributed by atoms with Crippen LogP contribution < -0.4 is 10.6 Å². The zero-order valence-corrected chi connectivity index (χ0v) is 19.2. The third kappa shape index (κ3) is 4.60. The molecule has 0 aliphatic rings. The Kier molecular flexibility index (Phi) is 6.06. The molecule has 0 saturated carbocycles. The number of thiophene rings is 2. The van der Waals surface area contributed by atoms with Crippen molar-refractivity contribution in [2.24, 2.45) is 0 Å². The van der Waals surface area contributed by atoms with Crippen LogP contribution in [0.25, 0.3) is 10.9 Å². The number of aromatic amines is 1. The molecule has 0 radical (unpaired) electrons. The normalized spacial score (nSPS) is 11.9. The highest BCUT2D eigenvalue weighted by molar-refractivity contribution is 7.12. The number of nitrogens with one attached hydrogen (secondary N) is 3. The van der Waals surface area contributed by atoms with E-state index < -0.39 is 0 Å². The number of hydrogen-bond donors (Lipinski definition) is 3. The van der Waals surface area contributed by atoms with Crippen LogP contribution in [0.5, 0.6) is 0 Å². The molecule has 3 aromatic heterocycles. The monoisotopic (exact) mass is 471 g/mol. The largest absolute Gasteiger partial charge is 0.361 e. The summed E-state index contributed by atoms with van der Waals surface area (Å²) in [5.74, 6) is -0.248. The predicted octanol–water partition coefficient (Wildman–Crippen LogP) is 6.11. The van der Waals surface area contributed by atoms with Gasteiger partial charge in [0, 0.05) is 45.7 Å². The summed E-state index contributed by atoms with van der Waals surface area (Å²) in [6, 6.07) is 22.9. The van der Waals surface area contributed by atoms with Crippen LogP contribution in [0, 0.1) is 0 Å². The zero-order valence-electron chi connectivity index (χ0n) is 17.6. The molecule has 33 heavy (non-hydrogen) atoms. The number of aromatic nitrogens is 1. The van der Waals surface area contributed by atoms with E-state index in [4.69, 9.17) is 0 Å². The molecule has 3 N–H and O–H groups in total. The fourth-order valence-corrected chi connectivity index (χ4v) is 5.30. The molecule has 5 rings (SSSR count). The van der Waals surface area contributed by atoms with Crippen LogP contribution in [0.1, 0.15) is 36.4 Å². The summed E-state index contributed by atoms with van der Waals surface area (Å²) < 4.78 is 0. The Morgan fingerprint density at radius 3 is 2.39 bits per heavy atom. The Morgan fingerprint density at radius 1 is 0.848 bits per heavy atom. The molecule has 1 atom stereocenters. The lowest BCUT2D eigenvalue weighted by Gasteiger charge is -2.16. The van der Waals surface area contributed by atoms with Gasteiger partial charge in [0.1, 0.15) is 0 Å². The molecule has 3 heterocycles. The topological polar surface area (TPSA) is 74.0 Å². The number of para-hydroxylation sites is 1. The van der Waals surface area contributed by atoms with E-state index in [0.717, 1.165) is 10.9 Å². The predicted molar refractivity (Wildman–Crippen MR) is 136 cm³/mol. The second-order valence-corrected chi connectivity index (χ2v) is 9.50. The number of carbonyl (C=O) groups excluding carboxylic acids is 2. The summed E-state index contributed by atoms with van der Waals surface area (Å²) in [6.45, 7) is 0.484. The minimum atomic E-state index is -0.153. The summed E-state index contributed by atoms with van der Waals surface area (Å²) >= 11 is 3.08. The number of H-pyrrole nitrogens is 1. The van der Waals surface area contributed by atoms with Crippen LogP contribution in [-0.4, -0.2) is 23.3 Å². The van der Waals surface area contributed by atoms with Crippen LogP contribution in [0.2, 0.25) is 0 Å². The van der Waals surface area contributed by atoms with Crippen molar-refractivity contribution < 1.29 is 9.59 Å². The average Bonchev–Trinajstić information content (AvgIpc) is 3.62. The van der Waals surface area contributed by atoms with Gasteiger partial charge in [0.2, 0.25) is 0 Å². The SMILES string of the molecule is O=C(NC[C@@H](c1cccs1)c1c[nH]c2ccccc12)c1ccc(NC(=O)c2cccs2)cc1. The van der Waals surface area contributed by atoms with Crippen LogP contribution in [0.3, 0.4) is 0 Å². The summed E-state index contributed by atoms with van der Waals surface area (Å²) in [5, 5.41) is 11.0. The molecular weight excluding hydrogens is 450 g/mol. The summed E-state index contributed by atoms with van der Waals surface area (Å²) in [5.41, 5.74) is 3.45. The quantitative estimate of drug-likeness (QED) is 0.268. The van der Waals surface area contributed by atoms with Gasteiger partial charge in [-0.2, -0.15) is 0 Å². The van der Waals surface area contributed by atoms with Gasteiger partial charge in [0.25, 0.3) is 11.8 Å². The fraction of sp³-hybridized carbons (Fsp3) is 0.0769. The van der Waals surface area contributed by atoms with Crippen molar-refractivity contribution >= 4 is 51.1 Å². The van der Waals surface area contributed by atoms with Crippen LogP contribution in [-0.2, 0) is 0 Å². The molecule has 7 heteroatoms. The number of hydrogen-bond acceptors (Lipinski definition) is 4. The van der Waals surface area contributed by atoms with Crippen LogP contribution in [0.15, 0.2) is 89.8 Å². The highest BCUT2D eigenvalue weighted by Crippen LogP contribution is 2.32. The van der Waals surface area contributed by atoms with Gasteiger partial charge in [-0.05, 0) is 58.8 Å². The lowest BCUT2D eigenvalue weighted by atomic mass is 9.96. The first-order valence-electron chi connectivity index (χ1n) is 10.5. The van der Waals surface area contributed by atoms with Gasteiger partial charge in [0.05, 0.1) is 4.88 Å². The molecule has 164 valence electrons. The molecule has 0 fully saturated rings. The first-order chi connectivity index (χ1) is 16.2. The van der Waals surface area contributed by atoms with Crippen LogP contribution >= 0.6 is 22.7 Å². The van der Waals surface area contributed by atoms with Gasteiger partial charge in [-0.15, -0.1) is 22.7 Å². The van der Waals surface area contributed by atoms with Crippen molar-refractivity contribution in [3.63, 3.8) is 0 Å². The lowest BCUT2D eigenvalue weighted by Crippen LogP contribution is -2.28. The van der Waals surface area contributed by atoms with Gasteiger partial charge in [0.15, 0.2) is 0 Å². The van der Waals surface area contributed by atoms with E-state index in [2.05, 4.69) is 39.2 Å². The second kappa shape index (κ2) is 9.44. The van der Waals surface area contributed by atoms with E-state index in [1.807, 2.05) is 35.8 Å². The van der Waals surface area contributed by atoms with E-state index in [1.165, 1.54) is 21.8 Å². The third-order valence-electron chi connectivity index (χ3n) is 5.50. The first kappa shape index (κ1) is 21.2. The molecule has 2 amide bonds. The molecule has 5 aromatic rings. The minimum absolute atomic E-state index is 0.0504. The van der Waals surface area contributed by atoms with E-state index in [1.54, 1.807) is 41.7 Å². The Morgan fingerprint density at radius 2 is 1.64 bits per heavy atom. The van der Waals surface area contributed by atoms with E-state index in [9.17, 15) is 9.59 Å². The Balaban J connectivity index is 1.29. The van der Waals surface area contributed by atoms with Crippen molar-refractivity contribution in [3.05, 3.63) is 111 Å². The maximum absolute atomic E-state index is 12.9. The molecule has 0 spiro atoms. The van der Waals surface area contributed by atoms with Crippen molar-refractivity contribution in [2.75, 3.05) is 11.9 Å². The Bertz CT molecular complexity index is 1370. The van der Waals surface area contributed by atoms with Crippen LogP contribution in [0.4, 0.5) is 5.69 Å². The zero-order chi connectivity index (χ0) is 22.6. The third-order valence-corrected chi connectivity index (χ3v) is 7.35. The van der Waals surface area contributed by atoms with Gasteiger partial charge < -0.3 is 15.6 Å². The highest BCUT2D eigenvalue weighted by atomic mass is 32.1. The number of rotatable bonds is 7. The second-order valence-electron chi connectivity index (χ2n) is 7.58. The molecule has 0 aliphatic heterocycles. The highest BCUT2D eigenvalue weighted by Gasteiger charge is 2.20. The smallest absolute Gasteiger partial charge is 0.265 e. The lowest BCUT2D eigenvalue weighted by molar-refractivity contribution is 0.0952. The summed E-state index contributed by atoms with van der Waals surface area (Å²) in [6.07, 6.45) is 2.03. The van der Waals surface area contributed by atoms with Gasteiger partial charge in [-0.3, -0.25) is 9.59 Å².